The number of rotatable bonds is 3. The Hall–Kier alpha value is -4.07. The summed E-state index contributed by atoms with van der Waals surface area (Å²) in [5.74, 6) is -0.761. The van der Waals surface area contributed by atoms with E-state index in [1.54, 1.807) is 11.0 Å². The molecule has 172 valence electrons. The van der Waals surface area contributed by atoms with Crippen molar-refractivity contribution in [3.8, 4) is 11.1 Å². The molecule has 0 radical (unpaired) electrons. The highest BCUT2D eigenvalue weighted by Crippen LogP contribution is 2.33. The molecule has 0 aliphatic carbocycles. The van der Waals surface area contributed by atoms with Crippen LogP contribution < -0.4 is 10.6 Å². The molecule has 3 amide bonds. The zero-order valence-electron chi connectivity index (χ0n) is 19.0. The second-order valence-electron chi connectivity index (χ2n) is 8.80. The van der Waals surface area contributed by atoms with E-state index in [9.17, 15) is 14.4 Å². The van der Waals surface area contributed by atoms with E-state index in [0.29, 0.717) is 30.6 Å². The summed E-state index contributed by atoms with van der Waals surface area (Å²) in [4.78, 5) is 48.7. The third-order valence-corrected chi connectivity index (χ3v) is 6.72. The van der Waals surface area contributed by atoms with Crippen LogP contribution in [0.2, 0.25) is 0 Å². The van der Waals surface area contributed by atoms with Gasteiger partial charge in [0.05, 0.1) is 17.4 Å². The molecule has 2 atom stereocenters. The van der Waals surface area contributed by atoms with Crippen LogP contribution in [0.5, 0.6) is 0 Å². The van der Waals surface area contributed by atoms with Gasteiger partial charge in [0.15, 0.2) is 0 Å². The van der Waals surface area contributed by atoms with Crippen molar-refractivity contribution in [2.24, 2.45) is 0 Å². The van der Waals surface area contributed by atoms with E-state index in [1.807, 2.05) is 24.3 Å². The molecule has 0 spiro atoms. The lowest BCUT2D eigenvalue weighted by molar-refractivity contribution is -0.121. The maximum absolute atomic E-state index is 13.5. The molecular formula is C26H25N5O3. The van der Waals surface area contributed by atoms with Crippen molar-refractivity contribution in [1.82, 2.24) is 20.2 Å². The molecule has 1 aromatic heterocycles. The van der Waals surface area contributed by atoms with E-state index in [1.165, 1.54) is 24.2 Å². The molecule has 3 heterocycles. The van der Waals surface area contributed by atoms with Crippen LogP contribution >= 0.6 is 0 Å². The maximum atomic E-state index is 13.5. The van der Waals surface area contributed by atoms with Crippen molar-refractivity contribution in [2.75, 3.05) is 11.9 Å². The number of piperidine rings is 1. The fourth-order valence-electron chi connectivity index (χ4n) is 4.70. The number of hydrogen-bond acceptors (Lipinski definition) is 5. The first kappa shape index (κ1) is 21.8. The van der Waals surface area contributed by atoms with Crippen LogP contribution in [0, 0.1) is 13.8 Å². The molecular weight excluding hydrogens is 430 g/mol. The highest BCUT2D eigenvalue weighted by atomic mass is 16.2. The molecule has 0 saturated carbocycles. The maximum Gasteiger partial charge on any atom is 0.271 e. The van der Waals surface area contributed by atoms with Gasteiger partial charge < -0.3 is 15.5 Å². The number of nitrogens with one attached hydrogen (secondary N) is 2. The van der Waals surface area contributed by atoms with Crippen LogP contribution in [0.25, 0.3) is 11.1 Å². The normalized spacial score (nSPS) is 19.5. The average Bonchev–Trinajstić information content (AvgIpc) is 2.95. The van der Waals surface area contributed by atoms with Gasteiger partial charge in [-0.25, -0.2) is 4.98 Å². The number of nitrogens with zero attached hydrogens (tertiary/aromatic N) is 3. The molecule has 2 aliphatic heterocycles. The van der Waals surface area contributed by atoms with Gasteiger partial charge >= 0.3 is 0 Å². The van der Waals surface area contributed by atoms with Gasteiger partial charge in [0, 0.05) is 25.0 Å². The minimum Gasteiger partial charge on any atom is -0.348 e. The van der Waals surface area contributed by atoms with Crippen LogP contribution in [0.15, 0.2) is 55.0 Å². The van der Waals surface area contributed by atoms with Gasteiger partial charge in [-0.05, 0) is 61.1 Å². The molecule has 2 aromatic carbocycles. The number of aryl methyl sites for hydroxylation is 1. The lowest BCUT2D eigenvalue weighted by Crippen LogP contribution is -2.55. The number of fused-ring (bicyclic) bond motifs is 2. The third kappa shape index (κ3) is 3.91. The van der Waals surface area contributed by atoms with Gasteiger partial charge in [0.1, 0.15) is 11.7 Å². The van der Waals surface area contributed by atoms with E-state index in [2.05, 4.69) is 40.5 Å². The van der Waals surface area contributed by atoms with Gasteiger partial charge in [-0.1, -0.05) is 24.3 Å². The number of aromatic nitrogens is 2. The van der Waals surface area contributed by atoms with Crippen LogP contribution in [0.4, 0.5) is 5.69 Å². The van der Waals surface area contributed by atoms with Crippen molar-refractivity contribution >= 4 is 23.4 Å². The fraction of sp³-hybridized carbons (Fsp3) is 0.269. The van der Waals surface area contributed by atoms with E-state index >= 15 is 0 Å². The molecule has 3 aromatic rings. The lowest BCUT2D eigenvalue weighted by atomic mass is 9.94. The molecule has 34 heavy (non-hydrogen) atoms. The first-order chi connectivity index (χ1) is 16.4. The molecule has 5 rings (SSSR count). The highest BCUT2D eigenvalue weighted by molar-refractivity contribution is 6.10. The van der Waals surface area contributed by atoms with Gasteiger partial charge in [0.25, 0.3) is 11.8 Å². The Morgan fingerprint density at radius 3 is 2.76 bits per heavy atom. The molecule has 2 aliphatic rings. The first-order valence-corrected chi connectivity index (χ1v) is 11.3. The predicted octanol–water partition coefficient (Wildman–Crippen LogP) is 3.12. The van der Waals surface area contributed by atoms with Crippen LogP contribution in [-0.2, 0) is 4.79 Å². The summed E-state index contributed by atoms with van der Waals surface area (Å²) in [5, 5.41) is 5.85. The van der Waals surface area contributed by atoms with E-state index < -0.39 is 6.04 Å². The van der Waals surface area contributed by atoms with Crippen molar-refractivity contribution in [1.29, 1.82) is 0 Å². The van der Waals surface area contributed by atoms with E-state index in [0.717, 1.165) is 16.7 Å². The number of anilines is 1. The van der Waals surface area contributed by atoms with Gasteiger partial charge in [-0.15, -0.1) is 0 Å². The van der Waals surface area contributed by atoms with Crippen molar-refractivity contribution < 1.29 is 14.4 Å². The van der Waals surface area contributed by atoms with Crippen molar-refractivity contribution in [3.63, 3.8) is 0 Å². The minimum atomic E-state index is -0.662. The Bertz CT molecular complexity index is 1290. The minimum absolute atomic E-state index is 0.177. The Kier molecular flexibility index (Phi) is 5.57. The summed E-state index contributed by atoms with van der Waals surface area (Å²) >= 11 is 0. The van der Waals surface area contributed by atoms with Gasteiger partial charge in [-0.2, -0.15) is 0 Å². The second kappa shape index (κ2) is 8.70. The highest BCUT2D eigenvalue weighted by Gasteiger charge is 2.40. The summed E-state index contributed by atoms with van der Waals surface area (Å²) < 4.78 is 0. The summed E-state index contributed by atoms with van der Waals surface area (Å²) in [5.41, 5.74) is 5.55. The summed E-state index contributed by atoms with van der Waals surface area (Å²) in [6.07, 6.45) is 5.24. The molecule has 8 heteroatoms. The van der Waals surface area contributed by atoms with Crippen molar-refractivity contribution in [3.05, 3.63) is 77.4 Å². The topological polar surface area (TPSA) is 104 Å². The largest absolute Gasteiger partial charge is 0.348 e. The van der Waals surface area contributed by atoms with Crippen LogP contribution in [0.3, 0.4) is 0 Å². The monoisotopic (exact) mass is 455 g/mol. The Morgan fingerprint density at radius 1 is 1.12 bits per heavy atom. The van der Waals surface area contributed by atoms with Crippen LogP contribution in [-0.4, -0.2) is 51.2 Å². The Balaban J connectivity index is 1.39. The fourth-order valence-corrected chi connectivity index (χ4v) is 4.70. The first-order valence-electron chi connectivity index (χ1n) is 11.3. The summed E-state index contributed by atoms with van der Waals surface area (Å²) in [7, 11) is 0. The number of carbonyl (C=O) groups is 3. The molecule has 1 fully saturated rings. The SMILES string of the molecule is Cc1cccc(-c2ccc3c(c2)C(=O)N2CC[C@H](NC(=O)c4cnccn4)C[C@H]2C(=O)N3)c1C. The van der Waals surface area contributed by atoms with Crippen molar-refractivity contribution in [2.45, 2.75) is 38.8 Å². The Labute approximate surface area is 197 Å². The molecule has 8 nitrogen and oxygen atoms in total. The number of benzene rings is 2. The molecule has 1 saturated heterocycles. The van der Waals surface area contributed by atoms with Crippen LogP contribution in [0.1, 0.15) is 44.8 Å². The summed E-state index contributed by atoms with van der Waals surface area (Å²) in [6.45, 7) is 4.50. The number of amides is 3. The standard InChI is InChI=1S/C26H25N5O3/c1-15-4-3-5-19(16(15)2)17-6-7-21-20(12-17)26(34)31-11-8-18(13-23(31)25(33)30-21)29-24(32)22-14-27-9-10-28-22/h3-7,9-10,12,14,18,23H,8,11,13H2,1-2H3,(H,29,32)(H,30,33)/t18-,23-/m0/s1. The summed E-state index contributed by atoms with van der Waals surface area (Å²) in [6, 6.07) is 10.8. The Morgan fingerprint density at radius 2 is 1.97 bits per heavy atom. The van der Waals surface area contributed by atoms with Gasteiger partial charge in [-0.3, -0.25) is 19.4 Å². The van der Waals surface area contributed by atoms with E-state index in [-0.39, 0.29) is 29.5 Å². The number of carbonyl (C=O) groups excluding carboxylic acids is 3. The molecule has 0 unspecified atom stereocenters. The molecule has 0 bridgehead atoms. The smallest absolute Gasteiger partial charge is 0.271 e. The third-order valence-electron chi connectivity index (χ3n) is 6.72. The molecule has 2 N–H and O–H groups in total. The second-order valence-corrected chi connectivity index (χ2v) is 8.80. The van der Waals surface area contributed by atoms with Gasteiger partial charge in [0.2, 0.25) is 5.91 Å². The lowest BCUT2D eigenvalue weighted by Gasteiger charge is -2.37. The quantitative estimate of drug-likeness (QED) is 0.632. The zero-order valence-corrected chi connectivity index (χ0v) is 19.0. The average molecular weight is 456 g/mol. The van der Waals surface area contributed by atoms with E-state index in [4.69, 9.17) is 0 Å². The predicted molar refractivity (Wildman–Crippen MR) is 127 cm³/mol. The zero-order chi connectivity index (χ0) is 23.8. The number of hydrogen-bond donors (Lipinski definition) is 2.